The summed E-state index contributed by atoms with van der Waals surface area (Å²) in [4.78, 5) is 21.5. The maximum Gasteiger partial charge on any atom is 0.334 e. The van der Waals surface area contributed by atoms with Crippen molar-refractivity contribution in [1.82, 2.24) is 10.3 Å². The van der Waals surface area contributed by atoms with Crippen LogP contribution >= 0.6 is 0 Å². The van der Waals surface area contributed by atoms with E-state index in [1.807, 2.05) is 0 Å². The van der Waals surface area contributed by atoms with Gasteiger partial charge in [0, 0.05) is 24.7 Å². The highest BCUT2D eigenvalue weighted by Gasteiger charge is 2.32. The number of hydrogen-bond acceptors (Lipinski definition) is 8. The van der Waals surface area contributed by atoms with Gasteiger partial charge >= 0.3 is 11.4 Å². The van der Waals surface area contributed by atoms with Crippen molar-refractivity contribution in [2.75, 3.05) is 0 Å². The summed E-state index contributed by atoms with van der Waals surface area (Å²) in [7, 11) is 0. The highest BCUT2D eigenvalue weighted by Crippen LogP contribution is 2.35. The van der Waals surface area contributed by atoms with Crippen LogP contribution in [0.15, 0.2) is 9.05 Å². The van der Waals surface area contributed by atoms with Gasteiger partial charge in [-0.25, -0.2) is 0 Å². The molecule has 0 aliphatic rings. The number of hydrogen-bond donors (Lipinski definition) is 0. The summed E-state index contributed by atoms with van der Waals surface area (Å²) in [6, 6.07) is 0. The summed E-state index contributed by atoms with van der Waals surface area (Å²) in [5.74, 6) is -0.0716. The summed E-state index contributed by atoms with van der Waals surface area (Å²) in [5, 5.41) is 30.2. The smallest absolute Gasteiger partial charge is 0.334 e. The average molecular weight is 352 g/mol. The molecule has 136 valence electrons. The molecule has 0 bridgehead atoms. The molecule has 10 heteroatoms. The van der Waals surface area contributed by atoms with Gasteiger partial charge in [-0.3, -0.25) is 20.2 Å². The SMILES string of the molecule is CCc1onc(C(C)CCc2onc(C(C)C)c2[N+](=O)[O-])c1[N+](=O)[O-]. The van der Waals surface area contributed by atoms with Crippen molar-refractivity contribution >= 4 is 11.4 Å². The van der Waals surface area contributed by atoms with Gasteiger partial charge < -0.3 is 9.05 Å². The Kier molecular flexibility index (Phi) is 5.50. The Morgan fingerprint density at radius 2 is 1.48 bits per heavy atom. The Bertz CT molecular complexity index is 779. The minimum absolute atomic E-state index is 0.119. The van der Waals surface area contributed by atoms with Crippen LogP contribution in [0.2, 0.25) is 0 Å². The van der Waals surface area contributed by atoms with Gasteiger partial charge in [0.1, 0.15) is 0 Å². The van der Waals surface area contributed by atoms with Crippen molar-refractivity contribution in [3.63, 3.8) is 0 Å². The predicted octanol–water partition coefficient (Wildman–Crippen LogP) is 3.90. The predicted molar refractivity (Wildman–Crippen MR) is 86.5 cm³/mol. The van der Waals surface area contributed by atoms with Crippen molar-refractivity contribution < 1.29 is 18.9 Å². The summed E-state index contributed by atoms with van der Waals surface area (Å²) in [6.07, 6.45) is 0.966. The minimum atomic E-state index is -0.505. The van der Waals surface area contributed by atoms with Crippen molar-refractivity contribution in [2.45, 2.75) is 58.8 Å². The van der Waals surface area contributed by atoms with Gasteiger partial charge in [0.15, 0.2) is 11.4 Å². The molecule has 10 nitrogen and oxygen atoms in total. The molecule has 0 fully saturated rings. The van der Waals surface area contributed by atoms with Gasteiger partial charge in [0.2, 0.25) is 11.5 Å². The zero-order chi connectivity index (χ0) is 18.7. The van der Waals surface area contributed by atoms with Gasteiger partial charge in [-0.1, -0.05) is 38.0 Å². The Morgan fingerprint density at radius 3 is 2.00 bits per heavy atom. The van der Waals surface area contributed by atoms with E-state index in [1.165, 1.54) is 0 Å². The molecule has 2 aromatic rings. The van der Waals surface area contributed by atoms with Gasteiger partial charge in [0.05, 0.1) is 9.85 Å². The average Bonchev–Trinajstić information content (AvgIpc) is 3.16. The highest BCUT2D eigenvalue weighted by atomic mass is 16.6. The second-order valence-electron chi connectivity index (χ2n) is 6.14. The van der Waals surface area contributed by atoms with E-state index >= 15 is 0 Å². The van der Waals surface area contributed by atoms with Gasteiger partial charge in [0.25, 0.3) is 0 Å². The second kappa shape index (κ2) is 7.41. The maximum absolute atomic E-state index is 11.3. The van der Waals surface area contributed by atoms with Gasteiger partial charge in [-0.15, -0.1) is 0 Å². The van der Waals surface area contributed by atoms with Crippen molar-refractivity contribution in [3.8, 4) is 0 Å². The zero-order valence-corrected chi connectivity index (χ0v) is 14.5. The van der Waals surface area contributed by atoms with Gasteiger partial charge in [-0.05, 0) is 6.42 Å². The topological polar surface area (TPSA) is 138 Å². The van der Waals surface area contributed by atoms with E-state index in [9.17, 15) is 20.2 Å². The normalized spacial score (nSPS) is 12.5. The molecule has 0 N–H and O–H groups in total. The molecule has 0 aliphatic heterocycles. The van der Waals surface area contributed by atoms with Crippen LogP contribution in [0, 0.1) is 20.2 Å². The van der Waals surface area contributed by atoms with Gasteiger partial charge in [-0.2, -0.15) is 0 Å². The third kappa shape index (κ3) is 3.67. The number of aryl methyl sites for hydroxylation is 2. The van der Waals surface area contributed by atoms with E-state index in [1.54, 1.807) is 27.7 Å². The molecule has 0 spiro atoms. The molecule has 0 radical (unpaired) electrons. The lowest BCUT2D eigenvalue weighted by Crippen LogP contribution is -2.03. The third-order valence-corrected chi connectivity index (χ3v) is 4.03. The molecule has 0 amide bonds. The molecule has 2 aromatic heterocycles. The number of nitrogens with zero attached hydrogens (tertiary/aromatic N) is 4. The standard InChI is InChI=1S/C15H20N4O6/c1-5-10-14(18(20)21)13(17-24-10)9(4)6-7-11-15(19(22)23)12(8(2)3)16-25-11/h8-9H,5-7H2,1-4H3. The Hall–Kier alpha value is -2.78. The van der Waals surface area contributed by atoms with Crippen LogP contribution in [-0.2, 0) is 12.8 Å². The molecule has 0 saturated carbocycles. The van der Waals surface area contributed by atoms with Crippen LogP contribution in [0.3, 0.4) is 0 Å². The van der Waals surface area contributed by atoms with E-state index in [4.69, 9.17) is 9.05 Å². The molecular weight excluding hydrogens is 332 g/mol. The number of nitro groups is 2. The van der Waals surface area contributed by atoms with Crippen molar-refractivity contribution in [2.24, 2.45) is 0 Å². The minimum Gasteiger partial charge on any atom is -0.354 e. The van der Waals surface area contributed by atoms with Crippen LogP contribution in [-0.4, -0.2) is 20.2 Å². The molecule has 1 atom stereocenters. The summed E-state index contributed by atoms with van der Waals surface area (Å²) >= 11 is 0. The maximum atomic E-state index is 11.3. The number of rotatable bonds is 8. The quantitative estimate of drug-likeness (QED) is 0.515. The first kappa shape index (κ1) is 18.6. The second-order valence-corrected chi connectivity index (χ2v) is 6.14. The molecule has 0 saturated heterocycles. The Balaban J connectivity index is 2.21. The van der Waals surface area contributed by atoms with E-state index < -0.39 is 9.85 Å². The summed E-state index contributed by atoms with van der Waals surface area (Å²) in [6.45, 7) is 7.09. The molecule has 2 heterocycles. The number of aromatic nitrogens is 2. The largest absolute Gasteiger partial charge is 0.354 e. The fourth-order valence-corrected chi connectivity index (χ4v) is 2.64. The molecule has 1 unspecified atom stereocenters. The monoisotopic (exact) mass is 352 g/mol. The summed E-state index contributed by atoms with van der Waals surface area (Å²) < 4.78 is 10.2. The van der Waals surface area contributed by atoms with E-state index in [2.05, 4.69) is 10.3 Å². The first-order valence-electron chi connectivity index (χ1n) is 8.03. The molecule has 0 aliphatic carbocycles. The molecule has 25 heavy (non-hydrogen) atoms. The lowest BCUT2D eigenvalue weighted by atomic mass is 9.98. The zero-order valence-electron chi connectivity index (χ0n) is 14.5. The first-order chi connectivity index (χ1) is 11.8. The fraction of sp³-hybridized carbons (Fsp3) is 0.600. The third-order valence-electron chi connectivity index (χ3n) is 4.03. The van der Waals surface area contributed by atoms with Crippen LogP contribution in [0.4, 0.5) is 11.4 Å². The van der Waals surface area contributed by atoms with Crippen LogP contribution < -0.4 is 0 Å². The van der Waals surface area contributed by atoms with Crippen LogP contribution in [0.1, 0.15) is 68.9 Å². The van der Waals surface area contributed by atoms with E-state index in [0.29, 0.717) is 18.5 Å². The van der Waals surface area contributed by atoms with Crippen LogP contribution in [0.25, 0.3) is 0 Å². The first-order valence-corrected chi connectivity index (χ1v) is 8.03. The molecular formula is C15H20N4O6. The van der Waals surface area contributed by atoms with Crippen LogP contribution in [0.5, 0.6) is 0 Å². The van der Waals surface area contributed by atoms with Crippen molar-refractivity contribution in [1.29, 1.82) is 0 Å². The lowest BCUT2D eigenvalue weighted by Gasteiger charge is -2.05. The molecule has 2 rings (SSSR count). The fourth-order valence-electron chi connectivity index (χ4n) is 2.64. The lowest BCUT2D eigenvalue weighted by molar-refractivity contribution is -0.387. The van der Waals surface area contributed by atoms with E-state index in [0.717, 1.165) is 0 Å². The highest BCUT2D eigenvalue weighted by molar-refractivity contribution is 5.42. The van der Waals surface area contributed by atoms with E-state index in [-0.39, 0.29) is 46.8 Å². The molecule has 0 aromatic carbocycles. The Labute approximate surface area is 143 Å². The summed E-state index contributed by atoms with van der Waals surface area (Å²) in [5.41, 5.74) is 0.303. The van der Waals surface area contributed by atoms with Crippen molar-refractivity contribution in [3.05, 3.63) is 43.1 Å². The Morgan fingerprint density at radius 1 is 0.960 bits per heavy atom.